The van der Waals surface area contributed by atoms with Gasteiger partial charge in [0.05, 0.1) is 18.5 Å². The minimum Gasteiger partial charge on any atom is -0.496 e. The van der Waals surface area contributed by atoms with E-state index in [0.717, 1.165) is 31.7 Å². The fraction of sp³-hybridized carbons (Fsp3) is 0.818. The Hall–Kier alpha value is -0.540. The molecule has 0 amide bonds. The van der Waals surface area contributed by atoms with Gasteiger partial charge >= 0.3 is 0 Å². The predicted molar refractivity (Wildman–Crippen MR) is 57.2 cm³/mol. The van der Waals surface area contributed by atoms with Crippen LogP contribution >= 0.6 is 0 Å². The first-order chi connectivity index (χ1) is 6.83. The molecule has 3 heteroatoms. The van der Waals surface area contributed by atoms with Crippen LogP contribution in [0.25, 0.3) is 0 Å². The molecule has 1 aliphatic heterocycles. The first kappa shape index (κ1) is 11.5. The van der Waals surface area contributed by atoms with E-state index in [4.69, 9.17) is 9.47 Å². The third-order valence-corrected chi connectivity index (χ3v) is 2.46. The molecule has 0 aromatic rings. The second kappa shape index (κ2) is 6.85. The highest BCUT2D eigenvalue weighted by atomic mass is 16.5. The van der Waals surface area contributed by atoms with Crippen molar-refractivity contribution >= 4 is 0 Å². The monoisotopic (exact) mass is 199 g/mol. The third kappa shape index (κ3) is 4.63. The van der Waals surface area contributed by atoms with E-state index in [1.807, 2.05) is 19.9 Å². The van der Waals surface area contributed by atoms with E-state index in [2.05, 4.69) is 5.32 Å². The quantitative estimate of drug-likeness (QED) is 0.540. The molecule has 1 fully saturated rings. The van der Waals surface area contributed by atoms with Gasteiger partial charge in [0.25, 0.3) is 0 Å². The lowest BCUT2D eigenvalue weighted by atomic mass is 10.1. The average molecular weight is 199 g/mol. The van der Waals surface area contributed by atoms with Crippen molar-refractivity contribution in [3.8, 4) is 0 Å². The molecule has 82 valence electrons. The van der Waals surface area contributed by atoms with Crippen LogP contribution in [0.4, 0.5) is 0 Å². The van der Waals surface area contributed by atoms with E-state index in [-0.39, 0.29) is 0 Å². The van der Waals surface area contributed by atoms with Gasteiger partial charge in [-0.15, -0.1) is 0 Å². The maximum Gasteiger partial charge on any atom is 0.111 e. The Kier molecular flexibility index (Phi) is 5.64. The number of piperidine rings is 1. The van der Waals surface area contributed by atoms with Crippen molar-refractivity contribution in [3.63, 3.8) is 0 Å². The van der Waals surface area contributed by atoms with E-state index in [1.54, 1.807) is 0 Å². The zero-order valence-corrected chi connectivity index (χ0v) is 9.21. The van der Waals surface area contributed by atoms with Gasteiger partial charge in [0, 0.05) is 0 Å². The van der Waals surface area contributed by atoms with Crippen LogP contribution in [-0.4, -0.2) is 32.4 Å². The van der Waals surface area contributed by atoms with E-state index in [1.165, 1.54) is 0 Å². The summed E-state index contributed by atoms with van der Waals surface area (Å²) in [7, 11) is 0. The van der Waals surface area contributed by atoms with E-state index >= 15 is 0 Å². The molecule has 1 aliphatic rings. The second-order valence-electron chi connectivity index (χ2n) is 3.57. The first-order valence-corrected chi connectivity index (χ1v) is 5.41. The lowest BCUT2D eigenvalue weighted by molar-refractivity contribution is 0.00583. The molecule has 0 spiro atoms. The standard InChI is InChI=1S/C11H21NO2/c1-3-10(2)13-8-9-14-11-4-6-12-7-5-11/h3,11-12H,4-9H2,1-2H3/b10-3+. The molecule has 0 saturated carbocycles. The van der Waals surface area contributed by atoms with Crippen molar-refractivity contribution in [2.24, 2.45) is 0 Å². The molecule has 0 bridgehead atoms. The molecule has 0 unspecified atom stereocenters. The van der Waals surface area contributed by atoms with Gasteiger partial charge in [0.1, 0.15) is 6.61 Å². The minimum atomic E-state index is 0.436. The Morgan fingerprint density at radius 2 is 2.07 bits per heavy atom. The molecule has 1 N–H and O–H groups in total. The Balaban J connectivity index is 1.97. The van der Waals surface area contributed by atoms with Gasteiger partial charge in [-0.2, -0.15) is 0 Å². The highest BCUT2D eigenvalue weighted by Crippen LogP contribution is 2.06. The van der Waals surface area contributed by atoms with Crippen molar-refractivity contribution in [1.29, 1.82) is 0 Å². The highest BCUT2D eigenvalue weighted by Gasteiger charge is 2.12. The van der Waals surface area contributed by atoms with Crippen LogP contribution < -0.4 is 5.32 Å². The van der Waals surface area contributed by atoms with E-state index in [9.17, 15) is 0 Å². The molecular weight excluding hydrogens is 178 g/mol. The summed E-state index contributed by atoms with van der Waals surface area (Å²) in [6.07, 6.45) is 4.65. The summed E-state index contributed by atoms with van der Waals surface area (Å²) in [4.78, 5) is 0. The zero-order chi connectivity index (χ0) is 10.2. The normalized spacial score (nSPS) is 19.7. The van der Waals surface area contributed by atoms with Crippen LogP contribution in [0.3, 0.4) is 0 Å². The van der Waals surface area contributed by atoms with Crippen molar-refractivity contribution in [3.05, 3.63) is 11.8 Å². The van der Waals surface area contributed by atoms with Crippen molar-refractivity contribution < 1.29 is 9.47 Å². The summed E-state index contributed by atoms with van der Waals surface area (Å²) < 4.78 is 11.1. The summed E-state index contributed by atoms with van der Waals surface area (Å²) in [5.74, 6) is 0.971. The minimum absolute atomic E-state index is 0.436. The fourth-order valence-electron chi connectivity index (χ4n) is 1.46. The topological polar surface area (TPSA) is 30.5 Å². The number of hydrogen-bond donors (Lipinski definition) is 1. The van der Waals surface area contributed by atoms with Crippen molar-refractivity contribution in [2.75, 3.05) is 26.3 Å². The maximum atomic E-state index is 5.69. The van der Waals surface area contributed by atoms with E-state index < -0.39 is 0 Å². The Morgan fingerprint density at radius 3 is 2.71 bits per heavy atom. The average Bonchev–Trinajstić information content (AvgIpc) is 2.25. The smallest absolute Gasteiger partial charge is 0.111 e. The largest absolute Gasteiger partial charge is 0.496 e. The highest BCUT2D eigenvalue weighted by molar-refractivity contribution is 4.83. The van der Waals surface area contributed by atoms with Gasteiger partial charge in [0.15, 0.2) is 0 Å². The molecule has 0 radical (unpaired) electrons. The number of ether oxygens (including phenoxy) is 2. The summed E-state index contributed by atoms with van der Waals surface area (Å²) in [5, 5.41) is 3.31. The molecule has 14 heavy (non-hydrogen) atoms. The predicted octanol–water partition coefficient (Wildman–Crippen LogP) is 1.70. The second-order valence-corrected chi connectivity index (χ2v) is 3.57. The number of nitrogens with one attached hydrogen (secondary N) is 1. The van der Waals surface area contributed by atoms with Gasteiger partial charge in [-0.1, -0.05) is 6.08 Å². The molecule has 3 nitrogen and oxygen atoms in total. The van der Waals surface area contributed by atoms with Crippen LogP contribution in [0, 0.1) is 0 Å². The summed E-state index contributed by atoms with van der Waals surface area (Å²) in [6.45, 7) is 7.47. The van der Waals surface area contributed by atoms with Gasteiger partial charge in [-0.25, -0.2) is 0 Å². The summed E-state index contributed by atoms with van der Waals surface area (Å²) in [6, 6.07) is 0. The number of allylic oxidation sites excluding steroid dienone is 2. The van der Waals surface area contributed by atoms with E-state index in [0.29, 0.717) is 19.3 Å². The van der Waals surface area contributed by atoms with Gasteiger partial charge in [0.2, 0.25) is 0 Å². The Morgan fingerprint density at radius 1 is 1.36 bits per heavy atom. The number of hydrogen-bond acceptors (Lipinski definition) is 3. The molecule has 0 aromatic heterocycles. The van der Waals surface area contributed by atoms with Gasteiger partial charge in [-0.3, -0.25) is 0 Å². The van der Waals surface area contributed by atoms with Gasteiger partial charge < -0.3 is 14.8 Å². The maximum absolute atomic E-state index is 5.69. The summed E-state index contributed by atoms with van der Waals surface area (Å²) >= 11 is 0. The first-order valence-electron chi connectivity index (χ1n) is 5.41. The van der Waals surface area contributed by atoms with Crippen LogP contribution in [0.15, 0.2) is 11.8 Å². The lowest BCUT2D eigenvalue weighted by Crippen LogP contribution is -2.33. The molecule has 0 aromatic carbocycles. The van der Waals surface area contributed by atoms with Crippen LogP contribution in [0.1, 0.15) is 26.7 Å². The van der Waals surface area contributed by atoms with Crippen LogP contribution in [-0.2, 0) is 9.47 Å². The molecule has 1 saturated heterocycles. The van der Waals surface area contributed by atoms with Crippen LogP contribution in [0.2, 0.25) is 0 Å². The zero-order valence-electron chi connectivity index (χ0n) is 9.21. The molecule has 1 heterocycles. The summed E-state index contributed by atoms with van der Waals surface area (Å²) in [5.41, 5.74) is 0. The Labute approximate surface area is 86.5 Å². The fourth-order valence-corrected chi connectivity index (χ4v) is 1.46. The van der Waals surface area contributed by atoms with Crippen LogP contribution in [0.5, 0.6) is 0 Å². The third-order valence-electron chi connectivity index (χ3n) is 2.46. The molecule has 0 aliphatic carbocycles. The Bertz CT molecular complexity index is 174. The molecule has 1 rings (SSSR count). The molecular formula is C11H21NO2. The van der Waals surface area contributed by atoms with Crippen molar-refractivity contribution in [2.45, 2.75) is 32.8 Å². The lowest BCUT2D eigenvalue weighted by Gasteiger charge is -2.22. The molecule has 0 atom stereocenters. The van der Waals surface area contributed by atoms with Crippen molar-refractivity contribution in [1.82, 2.24) is 5.32 Å². The SMILES string of the molecule is C/C=C(\C)OCCOC1CCNCC1. The number of rotatable bonds is 5. The van der Waals surface area contributed by atoms with Gasteiger partial charge in [-0.05, 0) is 39.8 Å².